The molecule has 0 spiro atoms. The van der Waals surface area contributed by atoms with Gasteiger partial charge in [0.1, 0.15) is 0 Å². The minimum absolute atomic E-state index is 0.0607. The molecule has 5 N–H and O–H groups in total. The molecule has 12 heteroatoms. The molecule has 2 aliphatic carbocycles. The zero-order chi connectivity index (χ0) is 29.1. The molecule has 3 aromatic rings. The number of carbonyl (C=O) groups excluding carboxylic acids is 2. The quantitative estimate of drug-likeness (QED) is 0.274. The molecule has 0 radical (unpaired) electrons. The fourth-order valence-electron chi connectivity index (χ4n) is 6.34. The lowest BCUT2D eigenvalue weighted by atomic mass is 9.92. The van der Waals surface area contributed by atoms with Gasteiger partial charge < -0.3 is 25.8 Å². The van der Waals surface area contributed by atoms with E-state index in [0.29, 0.717) is 42.4 Å². The van der Waals surface area contributed by atoms with Crippen LogP contribution in [0.3, 0.4) is 0 Å². The first kappa shape index (κ1) is 28.4. The molecule has 2 saturated carbocycles. The number of hydrogen-bond acceptors (Lipinski definition) is 10. The van der Waals surface area contributed by atoms with Gasteiger partial charge in [0, 0.05) is 48.5 Å². The molecule has 3 fully saturated rings. The van der Waals surface area contributed by atoms with Crippen LogP contribution in [-0.4, -0.2) is 67.7 Å². The number of amides is 1. The predicted octanol–water partition coefficient (Wildman–Crippen LogP) is 4.87. The van der Waals surface area contributed by atoms with Gasteiger partial charge in [-0.1, -0.05) is 25.0 Å². The van der Waals surface area contributed by atoms with E-state index >= 15 is 0 Å². The number of benzene rings is 1. The van der Waals surface area contributed by atoms with Gasteiger partial charge in [-0.25, -0.2) is 9.78 Å². The minimum Gasteiger partial charge on any atom is -0.365 e. The monoisotopic (exact) mass is 575 g/mol. The summed E-state index contributed by atoms with van der Waals surface area (Å²) in [5, 5.41) is 11.6. The number of carbonyl (C=O) groups is 2. The molecule has 2 aromatic heterocycles. The number of nitrogens with two attached hydrogens (primary N) is 1. The van der Waals surface area contributed by atoms with Crippen LogP contribution >= 0.6 is 0 Å². The second kappa shape index (κ2) is 12.6. The lowest BCUT2D eigenvalue weighted by Gasteiger charge is -2.31. The number of Topliss-reactive ketones (excluding diaryl/α,β-unsaturated/α-hetero) is 1. The van der Waals surface area contributed by atoms with Crippen molar-refractivity contribution in [2.45, 2.75) is 95.3 Å². The molecule has 3 aliphatic rings. The van der Waals surface area contributed by atoms with Crippen LogP contribution in [0.2, 0.25) is 0 Å². The van der Waals surface area contributed by atoms with Crippen molar-refractivity contribution in [1.29, 1.82) is 0 Å². The molecule has 42 heavy (non-hydrogen) atoms. The Balaban J connectivity index is 1.10. The van der Waals surface area contributed by atoms with Crippen molar-refractivity contribution in [3.8, 4) is 0 Å². The Kier molecular flexibility index (Phi) is 8.52. The summed E-state index contributed by atoms with van der Waals surface area (Å²) in [6.45, 7) is 2.65. The molecular weight excluding hydrogens is 534 g/mol. The first-order valence-electron chi connectivity index (χ1n) is 15.3. The number of piperidine rings is 1. The number of imidazole rings is 1. The van der Waals surface area contributed by atoms with Crippen LogP contribution in [0.1, 0.15) is 87.5 Å². The van der Waals surface area contributed by atoms with Crippen LogP contribution < -0.4 is 21.7 Å². The summed E-state index contributed by atoms with van der Waals surface area (Å²) in [6, 6.07) is 7.99. The van der Waals surface area contributed by atoms with Crippen LogP contribution in [0, 0.1) is 0 Å². The summed E-state index contributed by atoms with van der Waals surface area (Å²) >= 11 is 0. The maximum Gasteiger partial charge on any atom is 0.430 e. The molecule has 1 amide bonds. The number of anilines is 3. The summed E-state index contributed by atoms with van der Waals surface area (Å²) in [7, 11) is 0. The molecule has 224 valence electrons. The number of hydroxylamine groups is 2. The number of nitrogens with zero attached hydrogens (tertiary/aromatic N) is 5. The summed E-state index contributed by atoms with van der Waals surface area (Å²) in [5.74, 6) is 1.32. The van der Waals surface area contributed by atoms with Crippen LogP contribution in [0.4, 0.5) is 22.2 Å². The molecule has 12 nitrogen and oxygen atoms in total. The van der Waals surface area contributed by atoms with Gasteiger partial charge in [0.15, 0.2) is 22.8 Å². The maximum absolute atomic E-state index is 12.5. The van der Waals surface area contributed by atoms with Crippen molar-refractivity contribution in [3.05, 3.63) is 36.2 Å². The van der Waals surface area contributed by atoms with Gasteiger partial charge >= 0.3 is 6.09 Å². The van der Waals surface area contributed by atoms with Crippen molar-refractivity contribution >= 4 is 40.5 Å². The Bertz CT molecular complexity index is 1400. The Morgan fingerprint density at radius 3 is 2.43 bits per heavy atom. The third-order valence-corrected chi connectivity index (χ3v) is 8.77. The second-order valence-corrected chi connectivity index (χ2v) is 11.9. The smallest absolute Gasteiger partial charge is 0.365 e. The molecule has 0 bridgehead atoms. The highest BCUT2D eigenvalue weighted by Crippen LogP contribution is 2.34. The summed E-state index contributed by atoms with van der Waals surface area (Å²) in [4.78, 5) is 44.3. The average Bonchev–Trinajstić information content (AvgIpc) is 3.66. The number of fused-ring (bicyclic) bond motifs is 1. The van der Waals surface area contributed by atoms with Gasteiger partial charge in [-0.2, -0.15) is 9.97 Å². The van der Waals surface area contributed by atoms with Crippen molar-refractivity contribution < 1.29 is 14.4 Å². The van der Waals surface area contributed by atoms with E-state index < -0.39 is 6.09 Å². The van der Waals surface area contributed by atoms with E-state index in [1.54, 1.807) is 29.3 Å². The molecule has 1 aliphatic heterocycles. The van der Waals surface area contributed by atoms with Crippen LogP contribution in [0.25, 0.3) is 11.2 Å². The van der Waals surface area contributed by atoms with Gasteiger partial charge in [0.25, 0.3) is 0 Å². The van der Waals surface area contributed by atoms with E-state index in [2.05, 4.69) is 20.5 Å². The zero-order valence-electron chi connectivity index (χ0n) is 24.2. The fraction of sp³-hybridized carbons (Fsp3) is 0.567. The lowest BCUT2D eigenvalue weighted by molar-refractivity contribution is -0.106. The Morgan fingerprint density at radius 2 is 1.69 bits per heavy atom. The molecule has 1 aromatic carbocycles. The van der Waals surface area contributed by atoms with E-state index in [-0.39, 0.29) is 17.9 Å². The van der Waals surface area contributed by atoms with Gasteiger partial charge in [-0.05, 0) is 70.4 Å². The summed E-state index contributed by atoms with van der Waals surface area (Å²) < 4.78 is 2.23. The lowest BCUT2D eigenvalue weighted by Crippen LogP contribution is -2.41. The first-order chi connectivity index (χ1) is 20.4. The minimum atomic E-state index is -0.573. The highest BCUT2D eigenvalue weighted by Gasteiger charge is 2.27. The number of rotatable bonds is 8. The highest BCUT2D eigenvalue weighted by molar-refractivity contribution is 5.96. The Morgan fingerprint density at radius 1 is 0.952 bits per heavy atom. The fourth-order valence-corrected chi connectivity index (χ4v) is 6.34. The standard InChI is InChI=1S/C30H41N9O3/c1-19(40)20-5-4-6-24(17-20)35-30(41)42-38-15-13-23(14-16-38)33-27-26-28(39(18-32-26)25-7-2-3-8-25)37-29(36-27)34-22-11-9-21(31)10-12-22/h4-6,17-18,21-23,25H,2-3,7-16,31H2,1H3,(H,35,41)(H2,33,34,36,37)/t21-,22-. The van der Waals surface area contributed by atoms with Crippen LogP contribution in [-0.2, 0) is 4.84 Å². The molecule has 1 saturated heterocycles. The van der Waals surface area contributed by atoms with E-state index in [9.17, 15) is 9.59 Å². The van der Waals surface area contributed by atoms with Crippen molar-refractivity contribution in [2.24, 2.45) is 5.73 Å². The largest absolute Gasteiger partial charge is 0.430 e. The van der Waals surface area contributed by atoms with E-state index in [1.165, 1.54) is 19.8 Å². The average molecular weight is 576 g/mol. The van der Waals surface area contributed by atoms with Crippen LogP contribution in [0.15, 0.2) is 30.6 Å². The van der Waals surface area contributed by atoms with Gasteiger partial charge in [-0.3, -0.25) is 10.1 Å². The third kappa shape index (κ3) is 6.65. The number of nitrogens with one attached hydrogen (secondary N) is 3. The number of aromatic nitrogens is 4. The zero-order valence-corrected chi connectivity index (χ0v) is 24.2. The molecule has 3 heterocycles. The third-order valence-electron chi connectivity index (χ3n) is 8.77. The first-order valence-corrected chi connectivity index (χ1v) is 15.3. The molecular formula is C30H41N9O3. The summed E-state index contributed by atoms with van der Waals surface area (Å²) in [6.07, 6.45) is 11.7. The van der Waals surface area contributed by atoms with Crippen molar-refractivity contribution in [3.63, 3.8) is 0 Å². The van der Waals surface area contributed by atoms with Gasteiger partial charge in [0.2, 0.25) is 5.95 Å². The van der Waals surface area contributed by atoms with E-state index in [1.807, 2.05) is 6.33 Å². The van der Waals surface area contributed by atoms with E-state index in [4.69, 9.17) is 25.5 Å². The number of ketones is 1. The van der Waals surface area contributed by atoms with Gasteiger partial charge in [-0.15, -0.1) is 5.06 Å². The summed E-state index contributed by atoms with van der Waals surface area (Å²) in [5.41, 5.74) is 8.86. The SMILES string of the molecule is CC(=O)c1cccc(NC(=O)ON2CCC(Nc3nc(N[C@H]4CC[C@H](N)CC4)nc4c3ncn4C3CCCC3)CC2)c1. The highest BCUT2D eigenvalue weighted by atomic mass is 16.7. The van der Waals surface area contributed by atoms with Crippen molar-refractivity contribution in [2.75, 3.05) is 29.0 Å². The number of hydrogen-bond donors (Lipinski definition) is 4. The molecule has 0 unspecified atom stereocenters. The maximum atomic E-state index is 12.5. The topological polar surface area (TPSA) is 152 Å². The van der Waals surface area contributed by atoms with Gasteiger partial charge in [0.05, 0.1) is 6.33 Å². The molecule has 6 rings (SSSR count). The van der Waals surface area contributed by atoms with Crippen molar-refractivity contribution in [1.82, 2.24) is 24.6 Å². The second-order valence-electron chi connectivity index (χ2n) is 11.9. The predicted molar refractivity (Wildman–Crippen MR) is 161 cm³/mol. The molecule has 0 atom stereocenters. The normalized spacial score (nSPS) is 22.2. The van der Waals surface area contributed by atoms with E-state index in [0.717, 1.165) is 68.3 Å². The Labute approximate surface area is 245 Å². The Hall–Kier alpha value is -3.77. The van der Waals surface area contributed by atoms with Crippen LogP contribution in [0.5, 0.6) is 0 Å².